The lowest BCUT2D eigenvalue weighted by Gasteiger charge is -2.12. The monoisotopic (exact) mass is 339 g/mol. The van der Waals surface area contributed by atoms with E-state index in [0.717, 1.165) is 5.56 Å². The Hall–Kier alpha value is -2.86. The lowest BCUT2D eigenvalue weighted by Crippen LogP contribution is -2.30. The van der Waals surface area contributed by atoms with Crippen molar-refractivity contribution in [3.05, 3.63) is 66.0 Å². The summed E-state index contributed by atoms with van der Waals surface area (Å²) in [5.74, 6) is -0.221. The normalized spacial score (nSPS) is 12.1. The topological polar surface area (TPSA) is 78.8 Å². The third-order valence-corrected chi connectivity index (χ3v) is 3.74. The Morgan fingerprint density at radius 1 is 1.20 bits per heavy atom. The van der Waals surface area contributed by atoms with Crippen LogP contribution in [0, 0.1) is 0 Å². The zero-order chi connectivity index (χ0) is 17.6. The van der Waals surface area contributed by atoms with E-state index in [0.29, 0.717) is 12.1 Å². The third-order valence-electron chi connectivity index (χ3n) is 3.74. The number of benzene rings is 1. The molecule has 130 valence electrons. The molecule has 3 aromatic rings. The van der Waals surface area contributed by atoms with Crippen LogP contribution in [0.3, 0.4) is 0 Å². The molecular formula is C19H21N3O3. The first kappa shape index (κ1) is 17.0. The standard InChI is InChI=1S/C19H21N3O3/c1-2-24-19(23)17-18(21-16-10-6-7-11-22(16)17)25-13-15(20)12-14-8-4-3-5-9-14/h3-11,15H,2,12-13,20H2,1H3/t15-/m1/s1. The van der Waals surface area contributed by atoms with Gasteiger partial charge in [0, 0.05) is 12.2 Å². The van der Waals surface area contributed by atoms with E-state index in [1.807, 2.05) is 42.5 Å². The highest BCUT2D eigenvalue weighted by atomic mass is 16.5. The summed E-state index contributed by atoms with van der Waals surface area (Å²) in [5.41, 5.74) is 8.20. The predicted octanol–water partition coefficient (Wildman–Crippen LogP) is 2.46. The van der Waals surface area contributed by atoms with Gasteiger partial charge in [-0.1, -0.05) is 36.4 Å². The number of imidazole rings is 1. The Labute approximate surface area is 146 Å². The Morgan fingerprint density at radius 3 is 2.72 bits per heavy atom. The van der Waals surface area contributed by atoms with Gasteiger partial charge in [-0.15, -0.1) is 0 Å². The molecule has 0 aliphatic carbocycles. The summed E-state index contributed by atoms with van der Waals surface area (Å²) >= 11 is 0. The zero-order valence-electron chi connectivity index (χ0n) is 14.1. The molecule has 0 fully saturated rings. The molecule has 0 saturated carbocycles. The summed E-state index contributed by atoms with van der Waals surface area (Å²) in [6, 6.07) is 15.2. The minimum absolute atomic E-state index is 0.206. The molecule has 0 bridgehead atoms. The van der Waals surface area contributed by atoms with E-state index in [2.05, 4.69) is 4.98 Å². The number of carbonyl (C=O) groups is 1. The van der Waals surface area contributed by atoms with Gasteiger partial charge in [-0.3, -0.25) is 4.40 Å². The van der Waals surface area contributed by atoms with Crippen molar-refractivity contribution >= 4 is 11.6 Å². The lowest BCUT2D eigenvalue weighted by atomic mass is 10.1. The molecule has 0 saturated heterocycles. The molecule has 6 nitrogen and oxygen atoms in total. The predicted molar refractivity (Wildman–Crippen MR) is 94.8 cm³/mol. The average Bonchev–Trinajstić information content (AvgIpc) is 2.99. The molecule has 0 spiro atoms. The number of nitrogens with two attached hydrogens (primary N) is 1. The maximum atomic E-state index is 12.3. The molecule has 2 N–H and O–H groups in total. The van der Waals surface area contributed by atoms with Crippen molar-refractivity contribution in [1.29, 1.82) is 0 Å². The molecule has 1 aromatic carbocycles. The van der Waals surface area contributed by atoms with E-state index in [1.165, 1.54) is 0 Å². The maximum absolute atomic E-state index is 12.3. The number of rotatable bonds is 7. The molecule has 0 aliphatic rings. The van der Waals surface area contributed by atoms with Gasteiger partial charge in [-0.25, -0.2) is 4.79 Å². The van der Waals surface area contributed by atoms with Gasteiger partial charge in [0.1, 0.15) is 12.3 Å². The molecule has 2 heterocycles. The van der Waals surface area contributed by atoms with Crippen molar-refractivity contribution in [2.24, 2.45) is 5.73 Å². The molecule has 3 rings (SSSR count). The number of pyridine rings is 1. The second-order valence-electron chi connectivity index (χ2n) is 5.68. The van der Waals surface area contributed by atoms with Gasteiger partial charge in [0.15, 0.2) is 5.69 Å². The molecular weight excluding hydrogens is 318 g/mol. The van der Waals surface area contributed by atoms with Crippen molar-refractivity contribution in [1.82, 2.24) is 9.38 Å². The van der Waals surface area contributed by atoms with Crippen molar-refractivity contribution < 1.29 is 14.3 Å². The van der Waals surface area contributed by atoms with Crippen LogP contribution in [0.1, 0.15) is 23.0 Å². The smallest absolute Gasteiger partial charge is 0.361 e. The minimum atomic E-state index is -0.465. The molecule has 1 atom stereocenters. The van der Waals surface area contributed by atoms with Crippen LogP contribution in [0.2, 0.25) is 0 Å². The SMILES string of the molecule is CCOC(=O)c1c(OC[C@H](N)Cc2ccccc2)nc2ccccn12. The number of ether oxygens (including phenoxy) is 2. The molecule has 0 unspecified atom stereocenters. The Kier molecular flexibility index (Phi) is 5.30. The molecule has 0 radical (unpaired) electrons. The molecule has 2 aromatic heterocycles. The highest BCUT2D eigenvalue weighted by Crippen LogP contribution is 2.21. The lowest BCUT2D eigenvalue weighted by molar-refractivity contribution is 0.0512. The highest BCUT2D eigenvalue weighted by Gasteiger charge is 2.22. The minimum Gasteiger partial charge on any atom is -0.474 e. The summed E-state index contributed by atoms with van der Waals surface area (Å²) < 4.78 is 12.6. The fourth-order valence-corrected chi connectivity index (χ4v) is 2.62. The largest absolute Gasteiger partial charge is 0.474 e. The Bertz CT molecular complexity index is 846. The summed E-state index contributed by atoms with van der Waals surface area (Å²) in [5, 5.41) is 0. The van der Waals surface area contributed by atoms with E-state index in [4.69, 9.17) is 15.2 Å². The first-order valence-electron chi connectivity index (χ1n) is 8.25. The van der Waals surface area contributed by atoms with Gasteiger partial charge in [-0.05, 0) is 31.0 Å². The van der Waals surface area contributed by atoms with Gasteiger partial charge in [0.2, 0.25) is 5.88 Å². The Morgan fingerprint density at radius 2 is 1.96 bits per heavy atom. The van der Waals surface area contributed by atoms with Crippen LogP contribution in [-0.4, -0.2) is 34.6 Å². The Balaban J connectivity index is 1.76. The number of hydrogen-bond donors (Lipinski definition) is 1. The number of hydrogen-bond acceptors (Lipinski definition) is 5. The summed E-state index contributed by atoms with van der Waals surface area (Å²) in [6.45, 7) is 2.30. The van der Waals surface area contributed by atoms with Gasteiger partial charge < -0.3 is 15.2 Å². The number of carbonyl (C=O) groups excluding carboxylic acids is 1. The van der Waals surface area contributed by atoms with Crippen LogP contribution in [0.25, 0.3) is 5.65 Å². The van der Waals surface area contributed by atoms with E-state index in [-0.39, 0.29) is 30.8 Å². The van der Waals surface area contributed by atoms with Crippen LogP contribution >= 0.6 is 0 Å². The van der Waals surface area contributed by atoms with Crippen molar-refractivity contribution in [2.75, 3.05) is 13.2 Å². The van der Waals surface area contributed by atoms with E-state index in [9.17, 15) is 4.79 Å². The average molecular weight is 339 g/mol. The third kappa shape index (κ3) is 3.97. The molecule has 0 aliphatic heterocycles. The number of nitrogens with zero attached hydrogens (tertiary/aromatic N) is 2. The van der Waals surface area contributed by atoms with Gasteiger partial charge >= 0.3 is 5.97 Å². The number of fused-ring (bicyclic) bond motifs is 1. The molecule has 0 amide bonds. The van der Waals surface area contributed by atoms with Gasteiger partial charge in [0.25, 0.3) is 0 Å². The van der Waals surface area contributed by atoms with E-state index < -0.39 is 5.97 Å². The fourth-order valence-electron chi connectivity index (χ4n) is 2.62. The number of esters is 1. The second kappa shape index (κ2) is 7.81. The first-order chi connectivity index (χ1) is 12.2. The maximum Gasteiger partial charge on any atom is 0.361 e. The van der Waals surface area contributed by atoms with Crippen molar-refractivity contribution in [3.63, 3.8) is 0 Å². The number of aromatic nitrogens is 2. The van der Waals surface area contributed by atoms with Crippen LogP contribution < -0.4 is 10.5 Å². The van der Waals surface area contributed by atoms with Gasteiger partial charge in [0.05, 0.1) is 6.61 Å². The zero-order valence-corrected chi connectivity index (χ0v) is 14.1. The summed E-state index contributed by atoms with van der Waals surface area (Å²) in [4.78, 5) is 16.7. The van der Waals surface area contributed by atoms with Gasteiger partial charge in [-0.2, -0.15) is 4.98 Å². The second-order valence-corrected chi connectivity index (χ2v) is 5.68. The van der Waals surface area contributed by atoms with Crippen molar-refractivity contribution in [2.45, 2.75) is 19.4 Å². The quantitative estimate of drug-likeness (QED) is 0.669. The molecule has 6 heteroatoms. The highest BCUT2D eigenvalue weighted by molar-refractivity contribution is 5.91. The summed E-state index contributed by atoms with van der Waals surface area (Å²) in [7, 11) is 0. The summed E-state index contributed by atoms with van der Waals surface area (Å²) in [6.07, 6.45) is 2.44. The molecule has 25 heavy (non-hydrogen) atoms. The fraction of sp³-hybridized carbons (Fsp3) is 0.263. The first-order valence-corrected chi connectivity index (χ1v) is 8.25. The van der Waals surface area contributed by atoms with Crippen LogP contribution in [0.15, 0.2) is 54.7 Å². The van der Waals surface area contributed by atoms with Crippen LogP contribution in [0.5, 0.6) is 5.88 Å². The van der Waals surface area contributed by atoms with Crippen LogP contribution in [0.4, 0.5) is 0 Å². The van der Waals surface area contributed by atoms with E-state index in [1.54, 1.807) is 23.6 Å². The van der Waals surface area contributed by atoms with Crippen molar-refractivity contribution in [3.8, 4) is 5.88 Å². The van der Waals surface area contributed by atoms with E-state index >= 15 is 0 Å². The van der Waals surface area contributed by atoms with Crippen LogP contribution in [-0.2, 0) is 11.2 Å².